The first-order valence-corrected chi connectivity index (χ1v) is 11.4. The average Bonchev–Trinajstić information content (AvgIpc) is 3.27. The first kappa shape index (κ1) is 22.7. The van der Waals surface area contributed by atoms with Gasteiger partial charge in [0.1, 0.15) is 16.9 Å². The smallest absolute Gasteiger partial charge is 0.340 e. The normalized spacial score (nSPS) is 11.2. The van der Waals surface area contributed by atoms with Crippen molar-refractivity contribution in [3.8, 4) is 16.9 Å². The summed E-state index contributed by atoms with van der Waals surface area (Å²) in [5.41, 5.74) is 4.22. The lowest BCUT2D eigenvalue weighted by atomic mass is 9.99. The lowest BCUT2D eigenvalue weighted by molar-refractivity contribution is -0.120. The summed E-state index contributed by atoms with van der Waals surface area (Å²) in [6.45, 7) is 2.12. The van der Waals surface area contributed by atoms with Crippen molar-refractivity contribution in [1.29, 1.82) is 0 Å². The summed E-state index contributed by atoms with van der Waals surface area (Å²) in [7, 11) is 1.58. The number of nitrogens with one attached hydrogen (secondary N) is 1. The number of rotatable bonds is 6. The van der Waals surface area contributed by atoms with E-state index in [9.17, 15) is 9.59 Å². The van der Waals surface area contributed by atoms with Crippen LogP contribution < -0.4 is 15.7 Å². The number of amides is 1. The second-order valence-corrected chi connectivity index (χ2v) is 8.70. The molecule has 0 fully saturated rings. The number of furan rings is 1. The first-order valence-electron chi connectivity index (χ1n) is 11.1. The fraction of sp³-hybridized carbons (Fsp3) is 0.143. The van der Waals surface area contributed by atoms with Gasteiger partial charge in [0, 0.05) is 39.5 Å². The van der Waals surface area contributed by atoms with Crippen LogP contribution in [0, 0.1) is 6.92 Å². The maximum atomic E-state index is 12.7. The minimum atomic E-state index is -0.536. The van der Waals surface area contributed by atoms with Crippen molar-refractivity contribution in [3.05, 3.63) is 99.1 Å². The van der Waals surface area contributed by atoms with E-state index in [1.807, 2.05) is 61.5 Å². The van der Waals surface area contributed by atoms with Gasteiger partial charge in [-0.3, -0.25) is 4.79 Å². The molecule has 0 aliphatic carbocycles. The van der Waals surface area contributed by atoms with Crippen LogP contribution in [-0.4, -0.2) is 13.0 Å². The third-order valence-corrected chi connectivity index (χ3v) is 6.39. The summed E-state index contributed by atoms with van der Waals surface area (Å²) >= 11 is 6.03. The summed E-state index contributed by atoms with van der Waals surface area (Å²) in [4.78, 5) is 25.5. The van der Waals surface area contributed by atoms with Gasteiger partial charge in [-0.05, 0) is 42.3 Å². The number of halogens is 1. The number of ether oxygens (including phenoxy) is 1. The van der Waals surface area contributed by atoms with Crippen molar-refractivity contribution in [2.24, 2.45) is 0 Å². The molecule has 2 aromatic heterocycles. The van der Waals surface area contributed by atoms with Crippen molar-refractivity contribution in [2.45, 2.75) is 19.9 Å². The van der Waals surface area contributed by atoms with Gasteiger partial charge < -0.3 is 18.9 Å². The zero-order valence-corrected chi connectivity index (χ0v) is 19.9. The predicted octanol–water partition coefficient (Wildman–Crippen LogP) is 6.04. The van der Waals surface area contributed by atoms with Crippen molar-refractivity contribution < 1.29 is 18.4 Å². The SMILES string of the molecule is COc1ccccc1CNC(=O)Cc1c(C)c2cc3c(-c4ccc(Cl)cc4)coc3cc2oc1=O. The molecular weight excluding hydrogens is 466 g/mol. The van der Waals surface area contributed by atoms with Crippen molar-refractivity contribution >= 4 is 39.4 Å². The predicted molar refractivity (Wildman–Crippen MR) is 136 cm³/mol. The molecule has 0 saturated heterocycles. The van der Waals surface area contributed by atoms with Crippen LogP contribution in [0.1, 0.15) is 16.7 Å². The highest BCUT2D eigenvalue weighted by molar-refractivity contribution is 6.30. The van der Waals surface area contributed by atoms with Gasteiger partial charge in [-0.2, -0.15) is 0 Å². The Bertz CT molecular complexity index is 1620. The first-order chi connectivity index (χ1) is 16.9. The van der Waals surface area contributed by atoms with E-state index in [0.29, 0.717) is 39.6 Å². The fourth-order valence-electron chi connectivity index (χ4n) is 4.23. The third-order valence-electron chi connectivity index (χ3n) is 6.14. The summed E-state index contributed by atoms with van der Waals surface area (Å²) in [5, 5.41) is 5.14. The molecule has 1 amide bonds. The Balaban J connectivity index is 1.47. The molecule has 0 spiro atoms. The summed E-state index contributed by atoms with van der Waals surface area (Å²) in [6.07, 6.45) is 1.58. The Morgan fingerprint density at radius 3 is 2.57 bits per heavy atom. The van der Waals surface area contributed by atoms with Crippen LogP contribution in [0.2, 0.25) is 5.02 Å². The van der Waals surface area contributed by atoms with Gasteiger partial charge in [0.15, 0.2) is 0 Å². The average molecular weight is 488 g/mol. The number of para-hydroxylation sites is 1. The Hall–Kier alpha value is -4.03. The van der Waals surface area contributed by atoms with Crippen LogP contribution in [-0.2, 0) is 17.8 Å². The van der Waals surface area contributed by atoms with Gasteiger partial charge in [-0.1, -0.05) is 41.9 Å². The summed E-state index contributed by atoms with van der Waals surface area (Å²) in [6, 6.07) is 18.6. The monoisotopic (exact) mass is 487 g/mol. The van der Waals surface area contributed by atoms with Crippen molar-refractivity contribution in [2.75, 3.05) is 7.11 Å². The standard InChI is InChI=1S/C28H22ClNO5/c1-16-20-11-22-23(17-7-9-19(29)10-8-17)15-34-25(22)13-26(20)35-28(32)21(16)12-27(31)30-14-18-5-3-4-6-24(18)33-2/h3-11,13,15H,12,14H2,1-2H3,(H,30,31). The van der Waals surface area contributed by atoms with E-state index in [1.54, 1.807) is 19.4 Å². The number of fused-ring (bicyclic) bond motifs is 2. The number of hydrogen-bond donors (Lipinski definition) is 1. The highest BCUT2D eigenvalue weighted by Gasteiger charge is 2.18. The molecule has 0 aliphatic rings. The molecule has 3 aromatic carbocycles. The third kappa shape index (κ3) is 4.40. The highest BCUT2D eigenvalue weighted by Crippen LogP contribution is 2.35. The van der Waals surface area contributed by atoms with E-state index in [2.05, 4.69) is 5.32 Å². The topological polar surface area (TPSA) is 81.7 Å². The van der Waals surface area contributed by atoms with Crippen LogP contribution in [0.25, 0.3) is 33.1 Å². The molecule has 2 heterocycles. The minimum absolute atomic E-state index is 0.0906. The van der Waals surface area contributed by atoms with Crippen LogP contribution in [0.5, 0.6) is 5.75 Å². The minimum Gasteiger partial charge on any atom is -0.496 e. The van der Waals surface area contributed by atoms with E-state index < -0.39 is 5.63 Å². The van der Waals surface area contributed by atoms with Gasteiger partial charge in [-0.25, -0.2) is 4.79 Å². The van der Waals surface area contributed by atoms with Crippen molar-refractivity contribution in [3.63, 3.8) is 0 Å². The zero-order chi connectivity index (χ0) is 24.5. The maximum absolute atomic E-state index is 12.7. The molecule has 5 rings (SSSR count). The van der Waals surface area contributed by atoms with E-state index in [1.165, 1.54) is 0 Å². The number of aryl methyl sites for hydroxylation is 1. The Labute approximate surface area is 206 Å². The Kier molecular flexibility index (Phi) is 6.05. The number of carbonyl (C=O) groups is 1. The second kappa shape index (κ2) is 9.31. The largest absolute Gasteiger partial charge is 0.496 e. The number of methoxy groups -OCH3 is 1. The van der Waals surface area contributed by atoms with Gasteiger partial charge >= 0.3 is 5.63 Å². The van der Waals surface area contributed by atoms with Crippen molar-refractivity contribution in [1.82, 2.24) is 5.32 Å². The molecule has 0 saturated carbocycles. The molecule has 0 aliphatic heterocycles. The van der Waals surface area contributed by atoms with Crippen LogP contribution >= 0.6 is 11.6 Å². The molecule has 0 unspecified atom stereocenters. The highest BCUT2D eigenvalue weighted by atomic mass is 35.5. The van der Waals surface area contributed by atoms with Crippen LogP contribution in [0.15, 0.2) is 80.6 Å². The summed E-state index contributed by atoms with van der Waals surface area (Å²) in [5.74, 6) is 0.409. The van der Waals surface area contributed by atoms with E-state index in [0.717, 1.165) is 27.5 Å². The molecule has 5 aromatic rings. The number of carbonyl (C=O) groups excluding carboxylic acids is 1. The molecule has 35 heavy (non-hydrogen) atoms. The van der Waals surface area contributed by atoms with Gasteiger partial charge in [0.25, 0.3) is 0 Å². The second-order valence-electron chi connectivity index (χ2n) is 8.26. The van der Waals surface area contributed by atoms with Gasteiger partial charge in [-0.15, -0.1) is 0 Å². The quantitative estimate of drug-likeness (QED) is 0.295. The molecule has 7 heteroatoms. The molecule has 0 bridgehead atoms. The maximum Gasteiger partial charge on any atom is 0.340 e. The zero-order valence-electron chi connectivity index (χ0n) is 19.2. The molecule has 0 atom stereocenters. The van der Waals surface area contributed by atoms with E-state index in [4.69, 9.17) is 25.2 Å². The van der Waals surface area contributed by atoms with E-state index >= 15 is 0 Å². The summed E-state index contributed by atoms with van der Waals surface area (Å²) < 4.78 is 16.6. The number of hydrogen-bond acceptors (Lipinski definition) is 5. The van der Waals surface area contributed by atoms with Crippen LogP contribution in [0.4, 0.5) is 0 Å². The Morgan fingerprint density at radius 1 is 1.03 bits per heavy atom. The van der Waals surface area contributed by atoms with Gasteiger partial charge in [0.05, 0.1) is 25.4 Å². The molecule has 0 radical (unpaired) electrons. The van der Waals surface area contributed by atoms with E-state index in [-0.39, 0.29) is 12.3 Å². The lowest BCUT2D eigenvalue weighted by Crippen LogP contribution is -2.27. The molecular formula is C28H22ClNO5. The lowest BCUT2D eigenvalue weighted by Gasteiger charge is -2.11. The number of benzene rings is 3. The van der Waals surface area contributed by atoms with Crippen LogP contribution in [0.3, 0.4) is 0 Å². The molecule has 176 valence electrons. The van der Waals surface area contributed by atoms with Gasteiger partial charge in [0.2, 0.25) is 5.91 Å². The molecule has 6 nitrogen and oxygen atoms in total. The molecule has 1 N–H and O–H groups in total. The fourth-order valence-corrected chi connectivity index (χ4v) is 4.36. The Morgan fingerprint density at radius 2 is 1.80 bits per heavy atom.